The van der Waals surface area contributed by atoms with Crippen LogP contribution in [0.2, 0.25) is 0 Å². The molecule has 0 unspecified atom stereocenters. The van der Waals surface area contributed by atoms with Crippen LogP contribution in [0.3, 0.4) is 0 Å². The van der Waals surface area contributed by atoms with Gasteiger partial charge in [-0.25, -0.2) is 9.59 Å². The van der Waals surface area contributed by atoms with Crippen LogP contribution in [0.15, 0.2) is 0 Å². The Hall–Kier alpha value is -1.30. The number of ether oxygens (including phenoxy) is 2. The van der Waals surface area contributed by atoms with Gasteiger partial charge in [0.1, 0.15) is 11.6 Å². The molecular formula is C13H23NO5. The maximum Gasteiger partial charge on any atom is 0.411 e. The standard InChI is InChI=1S/C13H23NO5/c1-5-18-11(16)10-7-6-9(8-15)14(10)12(17)19-13(2,3)4/h9-10,15H,5-8H2,1-4H3/t9-,10+/m1/s1. The van der Waals surface area contributed by atoms with E-state index >= 15 is 0 Å². The summed E-state index contributed by atoms with van der Waals surface area (Å²) in [6, 6.07) is -1.05. The lowest BCUT2D eigenvalue weighted by molar-refractivity contribution is -0.148. The summed E-state index contributed by atoms with van der Waals surface area (Å²) in [4.78, 5) is 25.3. The predicted molar refractivity (Wildman–Crippen MR) is 68.6 cm³/mol. The van der Waals surface area contributed by atoms with Crippen molar-refractivity contribution in [3.05, 3.63) is 0 Å². The van der Waals surface area contributed by atoms with E-state index in [2.05, 4.69) is 0 Å². The van der Waals surface area contributed by atoms with Gasteiger partial charge in [-0.3, -0.25) is 4.90 Å². The highest BCUT2D eigenvalue weighted by atomic mass is 16.6. The Morgan fingerprint density at radius 1 is 1.32 bits per heavy atom. The molecule has 19 heavy (non-hydrogen) atoms. The maximum atomic E-state index is 12.1. The lowest BCUT2D eigenvalue weighted by Gasteiger charge is -2.30. The van der Waals surface area contributed by atoms with E-state index < -0.39 is 23.7 Å². The van der Waals surface area contributed by atoms with Gasteiger partial charge in [0, 0.05) is 0 Å². The van der Waals surface area contributed by atoms with Crippen molar-refractivity contribution in [3.63, 3.8) is 0 Å². The van der Waals surface area contributed by atoms with Gasteiger partial charge < -0.3 is 14.6 Å². The number of esters is 1. The van der Waals surface area contributed by atoms with Crippen molar-refractivity contribution in [3.8, 4) is 0 Å². The van der Waals surface area contributed by atoms with Gasteiger partial charge in [-0.05, 0) is 40.5 Å². The van der Waals surface area contributed by atoms with Crippen LogP contribution >= 0.6 is 0 Å². The number of hydrogen-bond acceptors (Lipinski definition) is 5. The summed E-state index contributed by atoms with van der Waals surface area (Å²) in [6.45, 7) is 7.07. The molecule has 1 N–H and O–H groups in total. The first-order chi connectivity index (χ1) is 8.80. The van der Waals surface area contributed by atoms with E-state index in [0.717, 1.165) is 0 Å². The fourth-order valence-electron chi connectivity index (χ4n) is 2.12. The largest absolute Gasteiger partial charge is 0.464 e. The van der Waals surface area contributed by atoms with Gasteiger partial charge in [-0.1, -0.05) is 0 Å². The Kier molecular flexibility index (Phi) is 5.17. The third kappa shape index (κ3) is 4.09. The average molecular weight is 273 g/mol. The molecule has 1 rings (SSSR count). The van der Waals surface area contributed by atoms with Gasteiger partial charge >= 0.3 is 12.1 Å². The molecule has 6 heteroatoms. The van der Waals surface area contributed by atoms with Crippen LogP contribution in [0.4, 0.5) is 4.79 Å². The average Bonchev–Trinajstić information content (AvgIpc) is 2.70. The smallest absolute Gasteiger partial charge is 0.411 e. The number of amides is 1. The highest BCUT2D eigenvalue weighted by molar-refractivity contribution is 5.82. The van der Waals surface area contributed by atoms with E-state index in [4.69, 9.17) is 9.47 Å². The van der Waals surface area contributed by atoms with Gasteiger partial charge in [-0.15, -0.1) is 0 Å². The first kappa shape index (κ1) is 15.8. The van der Waals surface area contributed by atoms with Crippen molar-refractivity contribution in [2.75, 3.05) is 13.2 Å². The van der Waals surface area contributed by atoms with Crippen LogP contribution in [0.25, 0.3) is 0 Å². The first-order valence-corrected chi connectivity index (χ1v) is 6.59. The van der Waals surface area contributed by atoms with Crippen LogP contribution in [-0.2, 0) is 14.3 Å². The highest BCUT2D eigenvalue weighted by Gasteiger charge is 2.43. The van der Waals surface area contributed by atoms with E-state index in [1.165, 1.54) is 4.90 Å². The summed E-state index contributed by atoms with van der Waals surface area (Å²) in [5, 5.41) is 9.31. The lowest BCUT2D eigenvalue weighted by atomic mass is 10.2. The molecule has 0 aromatic carbocycles. The molecule has 0 radical (unpaired) electrons. The van der Waals surface area contributed by atoms with Gasteiger partial charge in [0.25, 0.3) is 0 Å². The van der Waals surface area contributed by atoms with Crippen molar-refractivity contribution >= 4 is 12.1 Å². The van der Waals surface area contributed by atoms with Crippen molar-refractivity contribution in [1.29, 1.82) is 0 Å². The van der Waals surface area contributed by atoms with Crippen LogP contribution in [0.5, 0.6) is 0 Å². The molecule has 0 aromatic heterocycles. The second-order valence-electron chi connectivity index (χ2n) is 5.57. The molecule has 0 spiro atoms. The van der Waals surface area contributed by atoms with Crippen LogP contribution in [0.1, 0.15) is 40.5 Å². The van der Waals surface area contributed by atoms with Crippen molar-refractivity contribution in [2.45, 2.75) is 58.2 Å². The Bertz CT molecular complexity index is 336. The van der Waals surface area contributed by atoms with E-state index in [1.54, 1.807) is 27.7 Å². The third-order valence-corrected chi connectivity index (χ3v) is 2.88. The zero-order valence-electron chi connectivity index (χ0n) is 12.0. The SMILES string of the molecule is CCOC(=O)[C@@H]1CC[C@H](CO)N1C(=O)OC(C)(C)C. The number of likely N-dealkylation sites (tertiary alicyclic amines) is 1. The van der Waals surface area contributed by atoms with Crippen LogP contribution in [0, 0.1) is 0 Å². The van der Waals surface area contributed by atoms with Gasteiger partial charge in [-0.2, -0.15) is 0 Å². The summed E-state index contributed by atoms with van der Waals surface area (Å²) >= 11 is 0. The van der Waals surface area contributed by atoms with Gasteiger partial charge in [0.15, 0.2) is 0 Å². The number of carbonyl (C=O) groups is 2. The second-order valence-corrected chi connectivity index (χ2v) is 5.57. The van der Waals surface area contributed by atoms with Crippen LogP contribution < -0.4 is 0 Å². The molecule has 1 aliphatic heterocycles. The Morgan fingerprint density at radius 2 is 1.95 bits per heavy atom. The van der Waals surface area contributed by atoms with Gasteiger partial charge in [0.2, 0.25) is 0 Å². The molecule has 1 amide bonds. The molecule has 1 fully saturated rings. The molecule has 0 aliphatic carbocycles. The number of aliphatic hydroxyl groups is 1. The van der Waals surface area contributed by atoms with Crippen LogP contribution in [-0.4, -0.2) is 53.0 Å². The fourth-order valence-corrected chi connectivity index (χ4v) is 2.12. The summed E-state index contributed by atoms with van der Waals surface area (Å²) < 4.78 is 10.2. The minimum absolute atomic E-state index is 0.185. The number of carbonyl (C=O) groups excluding carboxylic acids is 2. The van der Waals surface area contributed by atoms with E-state index in [1.807, 2.05) is 0 Å². The number of aliphatic hydroxyl groups excluding tert-OH is 1. The number of hydrogen-bond donors (Lipinski definition) is 1. The molecule has 2 atom stereocenters. The molecule has 1 saturated heterocycles. The monoisotopic (exact) mass is 273 g/mol. The summed E-state index contributed by atoms with van der Waals surface area (Å²) in [7, 11) is 0. The van der Waals surface area contributed by atoms with E-state index in [9.17, 15) is 14.7 Å². The van der Waals surface area contributed by atoms with Gasteiger partial charge in [0.05, 0.1) is 19.3 Å². The minimum atomic E-state index is -0.660. The molecule has 1 heterocycles. The van der Waals surface area contributed by atoms with Crippen molar-refractivity contribution in [2.24, 2.45) is 0 Å². The highest BCUT2D eigenvalue weighted by Crippen LogP contribution is 2.27. The molecule has 0 bridgehead atoms. The van der Waals surface area contributed by atoms with E-state index in [0.29, 0.717) is 12.8 Å². The minimum Gasteiger partial charge on any atom is -0.464 e. The number of nitrogens with zero attached hydrogens (tertiary/aromatic N) is 1. The molecule has 110 valence electrons. The summed E-state index contributed by atoms with van der Waals surface area (Å²) in [5.74, 6) is -0.440. The maximum absolute atomic E-state index is 12.1. The zero-order valence-corrected chi connectivity index (χ0v) is 12.0. The third-order valence-electron chi connectivity index (χ3n) is 2.88. The summed E-state index contributed by atoms with van der Waals surface area (Å²) in [6.07, 6.45) is 0.477. The van der Waals surface area contributed by atoms with E-state index in [-0.39, 0.29) is 19.3 Å². The zero-order chi connectivity index (χ0) is 14.6. The Labute approximate surface area is 113 Å². The normalized spacial score (nSPS) is 23.3. The Morgan fingerprint density at radius 3 is 2.42 bits per heavy atom. The molecule has 1 aliphatic rings. The lowest BCUT2D eigenvalue weighted by Crippen LogP contribution is -2.48. The second kappa shape index (κ2) is 6.23. The topological polar surface area (TPSA) is 76.1 Å². The first-order valence-electron chi connectivity index (χ1n) is 6.59. The van der Waals surface area contributed by atoms with Crippen molar-refractivity contribution in [1.82, 2.24) is 4.90 Å². The molecule has 0 aromatic rings. The molecule has 6 nitrogen and oxygen atoms in total. The summed E-state index contributed by atoms with van der Waals surface area (Å²) in [5.41, 5.74) is -0.640. The predicted octanol–water partition coefficient (Wildman–Crippen LogP) is 1.31. The molecule has 0 saturated carbocycles. The quantitative estimate of drug-likeness (QED) is 0.785. The Balaban J connectivity index is 2.82. The fraction of sp³-hybridized carbons (Fsp3) is 0.846. The van der Waals surface area contributed by atoms with Crippen molar-refractivity contribution < 1.29 is 24.2 Å². The molecular weight excluding hydrogens is 250 g/mol. The number of rotatable bonds is 3.